The van der Waals surface area contributed by atoms with Crippen molar-refractivity contribution in [1.82, 2.24) is 5.32 Å². The van der Waals surface area contributed by atoms with Crippen LogP contribution in [0.4, 0.5) is 0 Å². The van der Waals surface area contributed by atoms with Crippen LogP contribution >= 0.6 is 12.6 Å². The first-order chi connectivity index (χ1) is 13.1. The van der Waals surface area contributed by atoms with E-state index >= 15 is 0 Å². The Hall–Kier alpha value is -1.08. The molecule has 0 spiro atoms. The number of carbonyl (C=O) groups is 1. The van der Waals surface area contributed by atoms with Crippen LogP contribution in [-0.4, -0.2) is 44.2 Å². The Balaban J connectivity index is 1.51. The highest BCUT2D eigenvalue weighted by molar-refractivity contribution is 7.80. The maximum absolute atomic E-state index is 11.1. The van der Waals surface area contributed by atoms with Gasteiger partial charge in [0.1, 0.15) is 12.4 Å². The second kappa shape index (κ2) is 11.7. The average molecular weight is 396 g/mol. The number of Topliss-reactive ketones (excluding diaryl/α,β-unsaturated/α-hetero) is 1. The summed E-state index contributed by atoms with van der Waals surface area (Å²) in [5, 5.41) is 3.73. The fourth-order valence-electron chi connectivity index (χ4n) is 2.92. The third kappa shape index (κ3) is 8.21. The van der Waals surface area contributed by atoms with Crippen LogP contribution in [0, 0.1) is 0 Å². The summed E-state index contributed by atoms with van der Waals surface area (Å²) in [6.07, 6.45) is 4.51. The average Bonchev–Trinajstić information content (AvgIpc) is 3.43. The molecule has 6 heteroatoms. The van der Waals surface area contributed by atoms with E-state index in [2.05, 4.69) is 37.0 Å². The highest BCUT2D eigenvalue weighted by Gasteiger charge is 2.44. The number of hydrogen-bond donors (Lipinski definition) is 2. The molecule has 0 heterocycles. The fraction of sp³-hybridized carbons (Fsp3) is 0.667. The molecule has 2 rings (SSSR count). The molecule has 0 aliphatic heterocycles. The first kappa shape index (κ1) is 22.2. The number of benzene rings is 1. The van der Waals surface area contributed by atoms with Crippen molar-refractivity contribution in [2.45, 2.75) is 56.9 Å². The molecule has 1 fully saturated rings. The molecule has 0 aromatic heterocycles. The van der Waals surface area contributed by atoms with Gasteiger partial charge in [0.05, 0.1) is 6.61 Å². The number of ketones is 1. The Morgan fingerprint density at radius 2 is 1.74 bits per heavy atom. The molecule has 5 nitrogen and oxygen atoms in total. The molecule has 1 atom stereocenters. The zero-order chi connectivity index (χ0) is 19.5. The zero-order valence-electron chi connectivity index (χ0n) is 16.5. The molecule has 27 heavy (non-hydrogen) atoms. The topological polar surface area (TPSA) is 56.8 Å². The lowest BCUT2D eigenvalue weighted by molar-refractivity contribution is -0.123. The van der Waals surface area contributed by atoms with Gasteiger partial charge in [-0.05, 0) is 43.9 Å². The van der Waals surface area contributed by atoms with Gasteiger partial charge in [0.25, 0.3) is 0 Å². The molecule has 1 saturated carbocycles. The first-order valence-corrected chi connectivity index (χ1v) is 10.4. The van der Waals surface area contributed by atoms with Crippen molar-refractivity contribution in [3.8, 4) is 5.75 Å². The third-order valence-corrected chi connectivity index (χ3v) is 4.71. The molecule has 0 radical (unpaired) electrons. The summed E-state index contributed by atoms with van der Waals surface area (Å²) in [5.74, 6) is 1.03. The first-order valence-electron chi connectivity index (χ1n) is 9.92. The van der Waals surface area contributed by atoms with E-state index < -0.39 is 0 Å². The van der Waals surface area contributed by atoms with Crippen LogP contribution < -0.4 is 10.1 Å². The van der Waals surface area contributed by atoms with E-state index in [1.54, 1.807) is 0 Å². The van der Waals surface area contributed by atoms with Gasteiger partial charge < -0.3 is 14.2 Å². The van der Waals surface area contributed by atoms with Crippen LogP contribution in [0.5, 0.6) is 5.75 Å². The van der Waals surface area contributed by atoms with Crippen molar-refractivity contribution >= 4 is 18.4 Å². The van der Waals surface area contributed by atoms with E-state index in [4.69, 9.17) is 14.2 Å². The van der Waals surface area contributed by atoms with Crippen molar-refractivity contribution in [3.05, 3.63) is 29.8 Å². The highest BCUT2D eigenvalue weighted by Crippen LogP contribution is 2.46. The molecule has 152 valence electrons. The molecule has 0 amide bonds. The minimum absolute atomic E-state index is 0.112. The second-order valence-electron chi connectivity index (χ2n) is 7.04. The van der Waals surface area contributed by atoms with Crippen molar-refractivity contribution in [2.24, 2.45) is 0 Å². The van der Waals surface area contributed by atoms with E-state index in [0.717, 1.165) is 31.4 Å². The molecule has 1 aromatic carbocycles. The molecule has 1 aromatic rings. The minimum Gasteiger partial charge on any atom is -0.494 e. The van der Waals surface area contributed by atoms with Crippen LogP contribution in [0.3, 0.4) is 0 Å². The predicted molar refractivity (Wildman–Crippen MR) is 111 cm³/mol. The van der Waals surface area contributed by atoms with Crippen molar-refractivity contribution in [2.75, 3.05) is 33.0 Å². The maximum atomic E-state index is 11.1. The summed E-state index contributed by atoms with van der Waals surface area (Å²) in [6.45, 7) is 6.63. The lowest BCUT2D eigenvalue weighted by Crippen LogP contribution is -2.33. The lowest BCUT2D eigenvalue weighted by Gasteiger charge is -2.20. The van der Waals surface area contributed by atoms with Crippen LogP contribution in [0.25, 0.3) is 0 Å². The van der Waals surface area contributed by atoms with Gasteiger partial charge in [-0.3, -0.25) is 10.1 Å². The monoisotopic (exact) mass is 395 g/mol. The van der Waals surface area contributed by atoms with Crippen LogP contribution in [0.15, 0.2) is 24.3 Å². The van der Waals surface area contributed by atoms with E-state index in [-0.39, 0.29) is 23.3 Å². The highest BCUT2D eigenvalue weighted by atomic mass is 32.1. The molecule has 1 N–H and O–H groups in total. The Bertz CT molecular complexity index is 558. The summed E-state index contributed by atoms with van der Waals surface area (Å²) in [6, 6.07) is 8.36. The van der Waals surface area contributed by atoms with Crippen molar-refractivity contribution in [1.29, 1.82) is 0 Å². The van der Waals surface area contributed by atoms with E-state index in [0.29, 0.717) is 32.8 Å². The number of rotatable bonds is 15. The Morgan fingerprint density at radius 1 is 1.11 bits per heavy atom. The zero-order valence-corrected chi connectivity index (χ0v) is 17.4. The number of nitrogens with one attached hydrogen (secondary N) is 1. The van der Waals surface area contributed by atoms with Gasteiger partial charge in [0, 0.05) is 43.6 Å². The molecular weight excluding hydrogens is 362 g/mol. The summed E-state index contributed by atoms with van der Waals surface area (Å²) in [4.78, 5) is 11.1. The fourth-order valence-corrected chi connectivity index (χ4v) is 3.16. The smallest absolute Gasteiger partial charge is 0.158 e. The van der Waals surface area contributed by atoms with Gasteiger partial charge >= 0.3 is 0 Å². The maximum Gasteiger partial charge on any atom is 0.158 e. The normalized spacial score (nSPS) is 16.1. The van der Waals surface area contributed by atoms with Gasteiger partial charge in [-0.25, -0.2) is 0 Å². The van der Waals surface area contributed by atoms with Gasteiger partial charge in [-0.15, -0.1) is 0 Å². The predicted octanol–water partition coefficient (Wildman–Crippen LogP) is 3.71. The largest absolute Gasteiger partial charge is 0.494 e. The van der Waals surface area contributed by atoms with E-state index in [1.165, 1.54) is 5.56 Å². The van der Waals surface area contributed by atoms with Gasteiger partial charge in [-0.2, -0.15) is 12.6 Å². The number of thiol groups is 1. The summed E-state index contributed by atoms with van der Waals surface area (Å²) >= 11 is 4.44. The van der Waals surface area contributed by atoms with Crippen LogP contribution in [0.2, 0.25) is 0 Å². The van der Waals surface area contributed by atoms with E-state index in [1.807, 2.05) is 19.1 Å². The molecule has 1 aliphatic carbocycles. The van der Waals surface area contributed by atoms with Crippen LogP contribution in [0.1, 0.15) is 51.5 Å². The summed E-state index contributed by atoms with van der Waals surface area (Å²) in [5.41, 5.74) is 1.42. The van der Waals surface area contributed by atoms with E-state index in [9.17, 15) is 4.79 Å². The second-order valence-corrected chi connectivity index (χ2v) is 7.81. The number of ether oxygens (including phenoxy) is 3. The standard InChI is InChI=1S/C21H33NO4S/c1-3-19(23)16-25-14-4-12-24-13-5-15-26-20-8-6-18(7-9-20)21(10-11-21)22-17(2)27/h6-9,17,22,27H,3-5,10-16H2,1-2H3. The van der Waals surface area contributed by atoms with Gasteiger partial charge in [-0.1, -0.05) is 19.1 Å². The number of carbonyl (C=O) groups excluding carboxylic acids is 1. The Labute approximate surface area is 168 Å². The molecule has 1 unspecified atom stereocenters. The molecular formula is C21H33NO4S. The molecule has 1 aliphatic rings. The quantitative estimate of drug-likeness (QED) is 0.269. The van der Waals surface area contributed by atoms with Crippen molar-refractivity contribution < 1.29 is 19.0 Å². The SMILES string of the molecule is CCC(=O)COCCCOCCCOc1ccc(C2(NC(C)S)CC2)cc1. The molecule has 0 bridgehead atoms. The van der Waals surface area contributed by atoms with Crippen LogP contribution in [-0.2, 0) is 19.8 Å². The Kier molecular flexibility index (Phi) is 9.62. The van der Waals surface area contributed by atoms with Gasteiger partial charge in [0.2, 0.25) is 0 Å². The Morgan fingerprint density at radius 3 is 2.33 bits per heavy atom. The third-order valence-electron chi connectivity index (χ3n) is 4.58. The minimum atomic E-state index is 0.112. The molecule has 0 saturated heterocycles. The summed E-state index contributed by atoms with van der Waals surface area (Å²) in [7, 11) is 0. The number of hydrogen-bond acceptors (Lipinski definition) is 6. The lowest BCUT2D eigenvalue weighted by atomic mass is 10.0. The summed E-state index contributed by atoms with van der Waals surface area (Å²) < 4.78 is 16.6. The van der Waals surface area contributed by atoms with Gasteiger partial charge in [0.15, 0.2) is 5.78 Å². The van der Waals surface area contributed by atoms with Crippen molar-refractivity contribution in [3.63, 3.8) is 0 Å².